The normalized spacial score (nSPS) is 25.9. The van der Waals surface area contributed by atoms with Crippen LogP contribution < -0.4 is 5.32 Å². The Morgan fingerprint density at radius 3 is 2.63 bits per heavy atom. The van der Waals surface area contributed by atoms with Crippen molar-refractivity contribution in [3.63, 3.8) is 0 Å². The molecule has 27 heavy (non-hydrogen) atoms. The van der Waals surface area contributed by atoms with Crippen LogP contribution in [0.2, 0.25) is 0 Å². The summed E-state index contributed by atoms with van der Waals surface area (Å²) in [7, 11) is 1.55. The Balaban J connectivity index is 1.67. The zero-order valence-corrected chi connectivity index (χ0v) is 15.4. The maximum absolute atomic E-state index is 13.8. The van der Waals surface area contributed by atoms with Crippen LogP contribution in [0.25, 0.3) is 0 Å². The molecular weight excluding hydrogens is 356 g/mol. The van der Waals surface area contributed by atoms with Gasteiger partial charge in [0.25, 0.3) is 5.91 Å². The van der Waals surface area contributed by atoms with E-state index in [2.05, 4.69) is 10.3 Å². The molecule has 0 unspecified atom stereocenters. The van der Waals surface area contributed by atoms with Crippen molar-refractivity contribution in [3.05, 3.63) is 29.6 Å². The number of carbonyl (C=O) groups excluding carboxylic acids is 2. The molecule has 1 aromatic heterocycles. The molecule has 1 saturated heterocycles. The molecule has 1 aliphatic heterocycles. The predicted molar refractivity (Wildman–Crippen MR) is 94.0 cm³/mol. The summed E-state index contributed by atoms with van der Waals surface area (Å²) in [6.07, 6.45) is 5.49. The first-order chi connectivity index (χ1) is 13.0. The lowest BCUT2D eigenvalue weighted by Gasteiger charge is -2.38. The molecule has 0 spiro atoms. The smallest absolute Gasteiger partial charge is 0.273 e. The third-order valence-corrected chi connectivity index (χ3v) is 5.45. The Labute approximate surface area is 157 Å². The van der Waals surface area contributed by atoms with E-state index in [9.17, 15) is 18.4 Å². The van der Waals surface area contributed by atoms with Crippen molar-refractivity contribution >= 4 is 11.8 Å². The van der Waals surface area contributed by atoms with Crippen molar-refractivity contribution in [1.82, 2.24) is 15.2 Å². The number of methoxy groups -OCH3 is 1. The molecule has 0 bridgehead atoms. The minimum Gasteiger partial charge on any atom is -0.379 e. The molecule has 0 aromatic carbocycles. The van der Waals surface area contributed by atoms with Crippen molar-refractivity contribution in [2.75, 3.05) is 20.2 Å². The van der Waals surface area contributed by atoms with E-state index in [1.165, 1.54) is 0 Å². The average Bonchev–Trinajstić information content (AvgIpc) is 2.68. The molecular formula is C19H25F2N3O3. The highest BCUT2D eigenvalue weighted by atomic mass is 19.1. The minimum atomic E-state index is -1.02. The maximum atomic E-state index is 13.8. The van der Waals surface area contributed by atoms with E-state index in [4.69, 9.17) is 4.74 Å². The molecule has 1 saturated carbocycles. The summed E-state index contributed by atoms with van der Waals surface area (Å²) < 4.78 is 32.3. The third-order valence-electron chi connectivity index (χ3n) is 5.45. The quantitative estimate of drug-likeness (QED) is 0.869. The fourth-order valence-corrected chi connectivity index (χ4v) is 3.99. The van der Waals surface area contributed by atoms with E-state index in [-0.39, 0.29) is 17.9 Å². The summed E-state index contributed by atoms with van der Waals surface area (Å²) in [5.74, 6) is -2.66. The number of carbonyl (C=O) groups is 2. The number of ether oxygens (including phenoxy) is 1. The van der Waals surface area contributed by atoms with Gasteiger partial charge in [-0.25, -0.2) is 13.8 Å². The summed E-state index contributed by atoms with van der Waals surface area (Å²) in [5.41, 5.74) is -0.462. The molecule has 2 aliphatic rings. The van der Waals surface area contributed by atoms with Gasteiger partial charge in [0, 0.05) is 32.2 Å². The van der Waals surface area contributed by atoms with Gasteiger partial charge in [0.05, 0.1) is 18.3 Å². The Morgan fingerprint density at radius 2 is 1.96 bits per heavy atom. The first-order valence-corrected chi connectivity index (χ1v) is 9.43. The molecule has 2 amide bonds. The molecule has 148 valence electrons. The lowest BCUT2D eigenvalue weighted by Crippen LogP contribution is -2.51. The van der Waals surface area contributed by atoms with Crippen LogP contribution in [0.1, 0.15) is 49.0 Å². The molecule has 2 fully saturated rings. The van der Waals surface area contributed by atoms with E-state index in [0.717, 1.165) is 38.5 Å². The zero-order chi connectivity index (χ0) is 19.4. The molecule has 3 rings (SSSR count). The Morgan fingerprint density at radius 1 is 1.22 bits per heavy atom. The first-order valence-electron chi connectivity index (χ1n) is 9.43. The van der Waals surface area contributed by atoms with Crippen molar-refractivity contribution in [2.45, 2.75) is 50.7 Å². The summed E-state index contributed by atoms with van der Waals surface area (Å²) in [6.45, 7) is 1.57. The maximum Gasteiger partial charge on any atom is 0.273 e. The van der Waals surface area contributed by atoms with Crippen LogP contribution in [0.15, 0.2) is 12.3 Å². The fourth-order valence-electron chi connectivity index (χ4n) is 3.99. The molecule has 6 nitrogen and oxygen atoms in total. The van der Waals surface area contributed by atoms with Gasteiger partial charge in [0.1, 0.15) is 5.82 Å². The third kappa shape index (κ3) is 4.61. The number of amides is 2. The van der Waals surface area contributed by atoms with E-state index < -0.39 is 29.3 Å². The van der Waals surface area contributed by atoms with Crippen LogP contribution in [0.5, 0.6) is 0 Å². The first kappa shape index (κ1) is 19.7. The lowest BCUT2D eigenvalue weighted by molar-refractivity contribution is -0.138. The lowest BCUT2D eigenvalue weighted by atomic mass is 9.82. The second kappa shape index (κ2) is 8.73. The van der Waals surface area contributed by atoms with Gasteiger partial charge in [-0.1, -0.05) is 0 Å². The van der Waals surface area contributed by atoms with Crippen molar-refractivity contribution in [2.24, 2.45) is 5.92 Å². The second-order valence-electron chi connectivity index (χ2n) is 7.23. The predicted octanol–water partition coefficient (Wildman–Crippen LogP) is 2.29. The van der Waals surface area contributed by atoms with Crippen molar-refractivity contribution < 1.29 is 23.1 Å². The van der Waals surface area contributed by atoms with Gasteiger partial charge in [-0.05, 0) is 38.5 Å². The van der Waals surface area contributed by atoms with Gasteiger partial charge in [-0.15, -0.1) is 0 Å². The number of likely N-dealkylation sites (tertiary alicyclic amines) is 1. The van der Waals surface area contributed by atoms with Crippen LogP contribution >= 0.6 is 0 Å². The highest BCUT2D eigenvalue weighted by molar-refractivity contribution is 5.92. The van der Waals surface area contributed by atoms with Crippen LogP contribution in [0.4, 0.5) is 8.78 Å². The number of rotatable bonds is 4. The van der Waals surface area contributed by atoms with E-state index in [1.54, 1.807) is 7.11 Å². The van der Waals surface area contributed by atoms with Gasteiger partial charge in [0.2, 0.25) is 5.91 Å². The molecule has 1 aliphatic carbocycles. The number of piperidine rings is 1. The molecule has 2 heterocycles. The van der Waals surface area contributed by atoms with Gasteiger partial charge in [0.15, 0.2) is 11.5 Å². The molecule has 0 radical (unpaired) electrons. The highest BCUT2D eigenvalue weighted by Gasteiger charge is 2.37. The topological polar surface area (TPSA) is 71.5 Å². The number of hydrogen-bond donors (Lipinski definition) is 1. The number of halogens is 2. The van der Waals surface area contributed by atoms with Crippen LogP contribution in [0.3, 0.4) is 0 Å². The Bertz CT molecular complexity index is 695. The fraction of sp³-hybridized carbons (Fsp3) is 0.632. The van der Waals surface area contributed by atoms with Crippen LogP contribution in [0, 0.1) is 17.6 Å². The summed E-state index contributed by atoms with van der Waals surface area (Å²) >= 11 is 0. The largest absolute Gasteiger partial charge is 0.379 e. The SMILES string of the molecule is CO[C@@H]1CC[C@H](C(=O)N2CCCCC2)C[C@H]1NC(=O)c1ncc(F)cc1F. The number of aromatic nitrogens is 1. The van der Waals surface area contributed by atoms with Gasteiger partial charge in [-0.3, -0.25) is 9.59 Å². The van der Waals surface area contributed by atoms with Crippen molar-refractivity contribution in [3.8, 4) is 0 Å². The van der Waals surface area contributed by atoms with E-state index in [0.29, 0.717) is 25.3 Å². The highest BCUT2D eigenvalue weighted by Crippen LogP contribution is 2.29. The number of hydrogen-bond acceptors (Lipinski definition) is 4. The Kier molecular flexibility index (Phi) is 6.36. The second-order valence-corrected chi connectivity index (χ2v) is 7.23. The van der Waals surface area contributed by atoms with E-state index >= 15 is 0 Å². The van der Waals surface area contributed by atoms with Gasteiger partial charge in [-0.2, -0.15) is 0 Å². The van der Waals surface area contributed by atoms with Gasteiger partial charge < -0.3 is 15.0 Å². The average molecular weight is 381 g/mol. The number of nitrogens with one attached hydrogen (secondary N) is 1. The monoisotopic (exact) mass is 381 g/mol. The van der Waals surface area contributed by atoms with Crippen LogP contribution in [-0.2, 0) is 9.53 Å². The summed E-state index contributed by atoms with van der Waals surface area (Å²) in [6, 6.07) is 0.195. The standard InChI is InChI=1S/C19H25F2N3O3/c1-27-16-6-5-12(19(26)24-7-3-2-4-8-24)9-15(16)23-18(25)17-14(21)10-13(20)11-22-17/h10-12,15-16H,2-9H2,1H3,(H,23,25)/t12-,15+,16+/m0/s1. The van der Waals surface area contributed by atoms with Gasteiger partial charge >= 0.3 is 0 Å². The number of pyridine rings is 1. The Hall–Kier alpha value is -2.09. The van der Waals surface area contributed by atoms with Crippen LogP contribution in [-0.4, -0.2) is 54.0 Å². The zero-order valence-electron chi connectivity index (χ0n) is 15.4. The molecule has 1 aromatic rings. The molecule has 1 N–H and O–H groups in total. The molecule has 3 atom stereocenters. The summed E-state index contributed by atoms with van der Waals surface area (Å²) in [4.78, 5) is 30.6. The molecule has 8 heteroatoms. The minimum absolute atomic E-state index is 0.120. The van der Waals surface area contributed by atoms with Crippen molar-refractivity contribution in [1.29, 1.82) is 0 Å². The van der Waals surface area contributed by atoms with E-state index in [1.807, 2.05) is 4.90 Å². The number of nitrogens with zero attached hydrogens (tertiary/aromatic N) is 2. The summed E-state index contributed by atoms with van der Waals surface area (Å²) in [5, 5.41) is 2.72.